The number of ether oxygens (including phenoxy) is 1. The summed E-state index contributed by atoms with van der Waals surface area (Å²) in [5.74, 6) is 2.95. The lowest BCUT2D eigenvalue weighted by Crippen LogP contribution is -2.39. The van der Waals surface area contributed by atoms with Crippen molar-refractivity contribution in [3.05, 3.63) is 71.5 Å². The Morgan fingerprint density at radius 1 is 1.31 bits per heavy atom. The number of nitrogens with zero attached hydrogens (tertiary/aromatic N) is 4. The largest absolute Gasteiger partial charge is 0.497 e. The van der Waals surface area contributed by atoms with Crippen LogP contribution in [0.1, 0.15) is 52.3 Å². The average Bonchev–Trinajstić information content (AvgIpc) is 3.22. The maximum absolute atomic E-state index is 12.8. The molecule has 7 nitrogen and oxygen atoms in total. The first-order chi connectivity index (χ1) is 14.1. The Hall–Kier alpha value is -3.22. The van der Waals surface area contributed by atoms with Gasteiger partial charge in [0.2, 0.25) is 0 Å². The summed E-state index contributed by atoms with van der Waals surface area (Å²) >= 11 is 0. The Kier molecular flexibility index (Phi) is 5.55. The zero-order valence-corrected chi connectivity index (χ0v) is 16.7. The van der Waals surface area contributed by atoms with Crippen molar-refractivity contribution in [1.82, 2.24) is 19.9 Å². The quantitative estimate of drug-likeness (QED) is 0.662. The van der Waals surface area contributed by atoms with Crippen molar-refractivity contribution in [1.29, 1.82) is 0 Å². The van der Waals surface area contributed by atoms with E-state index in [1.54, 1.807) is 32.5 Å². The van der Waals surface area contributed by atoms with Gasteiger partial charge in [0, 0.05) is 25.7 Å². The summed E-state index contributed by atoms with van der Waals surface area (Å²) in [6, 6.07) is 9.58. The van der Waals surface area contributed by atoms with Crippen LogP contribution in [0, 0.1) is 6.92 Å². The molecule has 1 aliphatic rings. The zero-order chi connectivity index (χ0) is 20.2. The van der Waals surface area contributed by atoms with Gasteiger partial charge in [-0.2, -0.15) is 0 Å². The van der Waals surface area contributed by atoms with Gasteiger partial charge < -0.3 is 14.1 Å². The van der Waals surface area contributed by atoms with Gasteiger partial charge in [-0.1, -0.05) is 12.1 Å². The Bertz CT molecular complexity index is 1000. The number of likely N-dealkylation sites (tertiary alicyclic amines) is 1. The number of hydrogen-bond donors (Lipinski definition) is 0. The molecule has 1 fully saturated rings. The number of oxazole rings is 1. The van der Waals surface area contributed by atoms with Gasteiger partial charge in [-0.25, -0.2) is 15.0 Å². The molecule has 0 unspecified atom stereocenters. The van der Waals surface area contributed by atoms with E-state index in [4.69, 9.17) is 9.15 Å². The SMILES string of the molecule is COc1cccc(Cc2cnc([C@H]3CCCN(C(=O)c4ccnc(C)n4)C3)o2)c1. The van der Waals surface area contributed by atoms with Crippen LogP contribution in [0.2, 0.25) is 0 Å². The molecule has 0 N–H and O–H groups in total. The molecule has 0 radical (unpaired) electrons. The predicted octanol–water partition coefficient (Wildman–Crippen LogP) is 3.39. The van der Waals surface area contributed by atoms with E-state index in [1.807, 2.05) is 29.2 Å². The Morgan fingerprint density at radius 2 is 2.21 bits per heavy atom. The monoisotopic (exact) mass is 392 g/mol. The molecule has 1 aliphatic heterocycles. The number of hydrogen-bond acceptors (Lipinski definition) is 6. The highest BCUT2D eigenvalue weighted by molar-refractivity contribution is 5.92. The standard InChI is InChI=1S/C22H24N4O3/c1-15-23-9-8-20(25-15)22(27)26-10-4-6-17(14-26)21-24-13-19(29-21)12-16-5-3-7-18(11-16)28-2/h3,5,7-9,11,13,17H,4,6,10,12,14H2,1-2H3/t17-/m0/s1. The molecule has 1 saturated heterocycles. The zero-order valence-electron chi connectivity index (χ0n) is 16.7. The third-order valence-corrected chi connectivity index (χ3v) is 5.14. The van der Waals surface area contributed by atoms with Crippen molar-refractivity contribution in [2.24, 2.45) is 0 Å². The van der Waals surface area contributed by atoms with E-state index in [2.05, 4.69) is 15.0 Å². The van der Waals surface area contributed by atoms with Gasteiger partial charge in [-0.15, -0.1) is 0 Å². The van der Waals surface area contributed by atoms with Crippen molar-refractivity contribution in [3.8, 4) is 5.75 Å². The minimum absolute atomic E-state index is 0.0663. The van der Waals surface area contributed by atoms with Crippen LogP contribution < -0.4 is 4.74 Å². The highest BCUT2D eigenvalue weighted by Gasteiger charge is 2.29. The summed E-state index contributed by atoms with van der Waals surface area (Å²) < 4.78 is 11.3. The highest BCUT2D eigenvalue weighted by Crippen LogP contribution is 2.28. The van der Waals surface area contributed by atoms with Crippen LogP contribution >= 0.6 is 0 Å². The lowest BCUT2D eigenvalue weighted by atomic mass is 9.97. The second-order valence-corrected chi connectivity index (χ2v) is 7.27. The van der Waals surface area contributed by atoms with Crippen molar-refractivity contribution in [2.45, 2.75) is 32.1 Å². The smallest absolute Gasteiger partial charge is 0.272 e. The average molecular weight is 392 g/mol. The number of methoxy groups -OCH3 is 1. The summed E-state index contributed by atoms with van der Waals surface area (Å²) in [7, 11) is 1.66. The maximum Gasteiger partial charge on any atom is 0.272 e. The molecule has 3 heterocycles. The molecule has 1 amide bonds. The first-order valence-electron chi connectivity index (χ1n) is 9.79. The number of carbonyl (C=O) groups excluding carboxylic acids is 1. The summed E-state index contributed by atoms with van der Waals surface area (Å²) in [5.41, 5.74) is 1.54. The van der Waals surface area contributed by atoms with Crippen LogP contribution in [-0.2, 0) is 6.42 Å². The Balaban J connectivity index is 1.44. The molecule has 7 heteroatoms. The third-order valence-electron chi connectivity index (χ3n) is 5.14. The Morgan fingerprint density at radius 3 is 3.03 bits per heavy atom. The summed E-state index contributed by atoms with van der Waals surface area (Å²) in [5, 5.41) is 0. The molecule has 29 heavy (non-hydrogen) atoms. The lowest BCUT2D eigenvalue weighted by molar-refractivity contribution is 0.0691. The molecule has 4 rings (SSSR count). The fraction of sp³-hybridized carbons (Fsp3) is 0.364. The molecule has 3 aromatic rings. The number of carbonyl (C=O) groups is 1. The summed E-state index contributed by atoms with van der Waals surface area (Å²) in [6.45, 7) is 3.09. The van der Waals surface area contributed by atoms with E-state index in [-0.39, 0.29) is 11.8 Å². The van der Waals surface area contributed by atoms with Crippen molar-refractivity contribution < 1.29 is 13.9 Å². The molecule has 2 aromatic heterocycles. The van der Waals surface area contributed by atoms with E-state index in [1.165, 1.54) is 0 Å². The first-order valence-corrected chi connectivity index (χ1v) is 9.79. The third kappa shape index (κ3) is 4.45. The molecular weight excluding hydrogens is 368 g/mol. The molecule has 150 valence electrons. The minimum atomic E-state index is -0.0663. The number of aryl methyl sites for hydroxylation is 1. The van der Waals surface area contributed by atoms with Crippen LogP contribution in [-0.4, -0.2) is 46.0 Å². The van der Waals surface area contributed by atoms with E-state index >= 15 is 0 Å². The minimum Gasteiger partial charge on any atom is -0.497 e. The fourth-order valence-corrected chi connectivity index (χ4v) is 3.68. The van der Waals surface area contributed by atoms with Crippen molar-refractivity contribution >= 4 is 5.91 Å². The summed E-state index contributed by atoms with van der Waals surface area (Å²) in [6.07, 6.45) is 5.92. The number of benzene rings is 1. The Labute approximate surface area is 169 Å². The number of piperidine rings is 1. The van der Waals surface area contributed by atoms with Crippen LogP contribution in [0.4, 0.5) is 0 Å². The van der Waals surface area contributed by atoms with Gasteiger partial charge in [0.15, 0.2) is 5.89 Å². The van der Waals surface area contributed by atoms with E-state index in [0.29, 0.717) is 30.4 Å². The fourth-order valence-electron chi connectivity index (χ4n) is 3.68. The topological polar surface area (TPSA) is 81.4 Å². The maximum atomic E-state index is 12.8. The summed E-state index contributed by atoms with van der Waals surface area (Å²) in [4.78, 5) is 27.5. The number of rotatable bonds is 5. The van der Waals surface area contributed by atoms with Gasteiger partial charge in [-0.05, 0) is 43.5 Å². The van der Waals surface area contributed by atoms with Crippen molar-refractivity contribution in [2.75, 3.05) is 20.2 Å². The molecular formula is C22H24N4O3. The van der Waals surface area contributed by atoms with Crippen LogP contribution in [0.15, 0.2) is 47.1 Å². The van der Waals surface area contributed by atoms with Crippen LogP contribution in [0.25, 0.3) is 0 Å². The first kappa shape index (κ1) is 19.1. The van der Waals surface area contributed by atoms with Gasteiger partial charge >= 0.3 is 0 Å². The second kappa shape index (κ2) is 8.43. The highest BCUT2D eigenvalue weighted by atomic mass is 16.5. The molecule has 0 saturated carbocycles. The number of aromatic nitrogens is 3. The normalized spacial score (nSPS) is 16.6. The number of amides is 1. The van der Waals surface area contributed by atoms with Crippen LogP contribution in [0.5, 0.6) is 5.75 Å². The van der Waals surface area contributed by atoms with E-state index in [9.17, 15) is 4.79 Å². The van der Waals surface area contributed by atoms with Gasteiger partial charge in [0.1, 0.15) is 23.0 Å². The van der Waals surface area contributed by atoms with Gasteiger partial charge in [0.25, 0.3) is 5.91 Å². The van der Waals surface area contributed by atoms with Gasteiger partial charge in [-0.3, -0.25) is 4.79 Å². The van der Waals surface area contributed by atoms with E-state index in [0.717, 1.165) is 36.5 Å². The second-order valence-electron chi connectivity index (χ2n) is 7.27. The lowest BCUT2D eigenvalue weighted by Gasteiger charge is -2.31. The van der Waals surface area contributed by atoms with Crippen molar-refractivity contribution in [3.63, 3.8) is 0 Å². The van der Waals surface area contributed by atoms with E-state index < -0.39 is 0 Å². The molecule has 1 aromatic carbocycles. The molecule has 0 bridgehead atoms. The molecule has 0 spiro atoms. The predicted molar refractivity (Wildman–Crippen MR) is 107 cm³/mol. The van der Waals surface area contributed by atoms with Crippen LogP contribution in [0.3, 0.4) is 0 Å². The molecule has 0 aliphatic carbocycles. The van der Waals surface area contributed by atoms with Gasteiger partial charge in [0.05, 0.1) is 19.2 Å². The molecule has 1 atom stereocenters.